The number of ether oxygens (including phenoxy) is 1. The summed E-state index contributed by atoms with van der Waals surface area (Å²) in [4.78, 5) is 4.38. The van der Waals surface area contributed by atoms with E-state index in [4.69, 9.17) is 4.74 Å². The SMILES string of the molecule is COc1ccc(-c2ccc(O)cc2)c2cccnc12. The van der Waals surface area contributed by atoms with Crippen molar-refractivity contribution in [2.75, 3.05) is 7.11 Å². The minimum Gasteiger partial charge on any atom is -0.508 e. The number of phenolic OH excluding ortho intramolecular Hbond substituents is 1. The van der Waals surface area contributed by atoms with Crippen molar-refractivity contribution in [3.8, 4) is 22.6 Å². The number of phenols is 1. The van der Waals surface area contributed by atoms with Crippen LogP contribution in [0.25, 0.3) is 22.0 Å². The molecule has 0 amide bonds. The van der Waals surface area contributed by atoms with Gasteiger partial charge in [-0.25, -0.2) is 0 Å². The molecule has 3 aromatic rings. The van der Waals surface area contributed by atoms with Gasteiger partial charge in [-0.15, -0.1) is 0 Å². The van der Waals surface area contributed by atoms with E-state index in [9.17, 15) is 5.11 Å². The van der Waals surface area contributed by atoms with Crippen LogP contribution in [0.2, 0.25) is 0 Å². The second kappa shape index (κ2) is 4.61. The van der Waals surface area contributed by atoms with Crippen molar-refractivity contribution >= 4 is 10.9 Å². The summed E-state index contributed by atoms with van der Waals surface area (Å²) >= 11 is 0. The number of nitrogens with zero attached hydrogens (tertiary/aromatic N) is 1. The number of rotatable bonds is 2. The number of methoxy groups -OCH3 is 1. The van der Waals surface area contributed by atoms with Gasteiger partial charge in [0, 0.05) is 11.6 Å². The molecule has 0 radical (unpaired) electrons. The van der Waals surface area contributed by atoms with Gasteiger partial charge < -0.3 is 9.84 Å². The standard InChI is InChI=1S/C16H13NO2/c1-19-15-9-8-13(11-4-6-12(18)7-5-11)14-3-2-10-17-16(14)15/h2-10,18H,1H3. The number of pyridine rings is 1. The number of fused-ring (bicyclic) bond motifs is 1. The molecule has 1 heterocycles. The Labute approximate surface area is 111 Å². The monoisotopic (exact) mass is 251 g/mol. The molecule has 3 heteroatoms. The summed E-state index contributed by atoms with van der Waals surface area (Å²) in [6.45, 7) is 0. The Balaban J connectivity index is 2.27. The van der Waals surface area contributed by atoms with E-state index < -0.39 is 0 Å². The summed E-state index contributed by atoms with van der Waals surface area (Å²) in [5.74, 6) is 1.03. The maximum absolute atomic E-state index is 9.37. The molecular weight excluding hydrogens is 238 g/mol. The van der Waals surface area contributed by atoms with Crippen LogP contribution in [0, 0.1) is 0 Å². The van der Waals surface area contributed by atoms with E-state index in [1.807, 2.05) is 36.4 Å². The number of aromatic hydroxyl groups is 1. The first-order valence-electron chi connectivity index (χ1n) is 6.01. The molecule has 3 nitrogen and oxygen atoms in total. The lowest BCUT2D eigenvalue weighted by Crippen LogP contribution is -1.89. The third-order valence-corrected chi connectivity index (χ3v) is 3.13. The van der Waals surface area contributed by atoms with Crippen molar-refractivity contribution in [2.45, 2.75) is 0 Å². The normalized spacial score (nSPS) is 10.6. The van der Waals surface area contributed by atoms with Gasteiger partial charge in [0.2, 0.25) is 0 Å². The average Bonchev–Trinajstić information content (AvgIpc) is 2.47. The average molecular weight is 251 g/mol. The Hall–Kier alpha value is -2.55. The highest BCUT2D eigenvalue weighted by Gasteiger charge is 2.08. The van der Waals surface area contributed by atoms with Crippen LogP contribution in [0.15, 0.2) is 54.7 Å². The first kappa shape index (κ1) is 11.5. The molecule has 94 valence electrons. The summed E-state index contributed by atoms with van der Waals surface area (Å²) in [6.07, 6.45) is 1.76. The third kappa shape index (κ3) is 1.99. The second-order valence-corrected chi connectivity index (χ2v) is 4.26. The fourth-order valence-corrected chi connectivity index (χ4v) is 2.20. The van der Waals surface area contributed by atoms with Crippen LogP contribution in [0.5, 0.6) is 11.5 Å². The predicted molar refractivity (Wildman–Crippen MR) is 75.4 cm³/mol. The van der Waals surface area contributed by atoms with Gasteiger partial charge in [0.15, 0.2) is 0 Å². The zero-order valence-electron chi connectivity index (χ0n) is 10.5. The lowest BCUT2D eigenvalue weighted by Gasteiger charge is -2.09. The van der Waals surface area contributed by atoms with E-state index in [1.54, 1.807) is 25.4 Å². The third-order valence-electron chi connectivity index (χ3n) is 3.13. The Morgan fingerprint density at radius 2 is 1.79 bits per heavy atom. The van der Waals surface area contributed by atoms with Crippen LogP contribution in [0.4, 0.5) is 0 Å². The molecule has 0 saturated carbocycles. The van der Waals surface area contributed by atoms with E-state index in [1.165, 1.54) is 0 Å². The van der Waals surface area contributed by atoms with Gasteiger partial charge in [-0.2, -0.15) is 0 Å². The fourth-order valence-electron chi connectivity index (χ4n) is 2.20. The molecule has 0 aliphatic carbocycles. The van der Waals surface area contributed by atoms with E-state index in [-0.39, 0.29) is 5.75 Å². The maximum Gasteiger partial charge on any atom is 0.145 e. The van der Waals surface area contributed by atoms with Crippen LogP contribution < -0.4 is 4.74 Å². The van der Waals surface area contributed by atoms with Gasteiger partial charge in [-0.3, -0.25) is 4.98 Å². The van der Waals surface area contributed by atoms with Gasteiger partial charge in [0.05, 0.1) is 7.11 Å². The second-order valence-electron chi connectivity index (χ2n) is 4.26. The first-order valence-corrected chi connectivity index (χ1v) is 6.01. The Bertz CT molecular complexity index is 720. The molecule has 0 atom stereocenters. The number of hydrogen-bond donors (Lipinski definition) is 1. The zero-order chi connectivity index (χ0) is 13.2. The molecule has 3 rings (SSSR count). The van der Waals surface area contributed by atoms with Crippen molar-refractivity contribution in [3.63, 3.8) is 0 Å². The molecular formula is C16H13NO2. The Morgan fingerprint density at radius 3 is 2.53 bits per heavy atom. The summed E-state index contributed by atoms with van der Waals surface area (Å²) in [5, 5.41) is 10.4. The summed E-state index contributed by atoms with van der Waals surface area (Å²) < 4.78 is 5.33. The van der Waals surface area contributed by atoms with Gasteiger partial charge in [-0.05, 0) is 41.5 Å². The van der Waals surface area contributed by atoms with E-state index in [2.05, 4.69) is 4.98 Å². The number of aromatic nitrogens is 1. The molecule has 0 aliphatic rings. The molecule has 1 N–H and O–H groups in total. The van der Waals surface area contributed by atoms with Gasteiger partial charge in [-0.1, -0.05) is 18.2 Å². The zero-order valence-corrected chi connectivity index (χ0v) is 10.5. The lowest BCUT2D eigenvalue weighted by molar-refractivity contribution is 0.419. The predicted octanol–water partition coefficient (Wildman–Crippen LogP) is 3.62. The minimum absolute atomic E-state index is 0.264. The van der Waals surface area contributed by atoms with Crippen molar-refractivity contribution in [1.29, 1.82) is 0 Å². The molecule has 0 aliphatic heterocycles. The van der Waals surface area contributed by atoms with Crippen LogP contribution >= 0.6 is 0 Å². The molecule has 19 heavy (non-hydrogen) atoms. The number of hydrogen-bond acceptors (Lipinski definition) is 3. The number of benzene rings is 2. The van der Waals surface area contributed by atoms with Crippen molar-refractivity contribution < 1.29 is 9.84 Å². The molecule has 0 fully saturated rings. The van der Waals surface area contributed by atoms with Crippen LogP contribution in [0.3, 0.4) is 0 Å². The largest absolute Gasteiger partial charge is 0.508 e. The van der Waals surface area contributed by atoms with Gasteiger partial charge in [0.1, 0.15) is 17.0 Å². The van der Waals surface area contributed by atoms with Crippen LogP contribution in [-0.2, 0) is 0 Å². The smallest absolute Gasteiger partial charge is 0.145 e. The van der Waals surface area contributed by atoms with E-state index >= 15 is 0 Å². The van der Waals surface area contributed by atoms with Gasteiger partial charge in [0.25, 0.3) is 0 Å². The van der Waals surface area contributed by atoms with E-state index in [0.717, 1.165) is 27.8 Å². The lowest BCUT2D eigenvalue weighted by atomic mass is 10.00. The molecule has 0 spiro atoms. The van der Waals surface area contributed by atoms with Crippen LogP contribution in [-0.4, -0.2) is 17.2 Å². The van der Waals surface area contributed by atoms with Crippen molar-refractivity contribution in [3.05, 3.63) is 54.7 Å². The maximum atomic E-state index is 9.37. The Morgan fingerprint density at radius 1 is 1.00 bits per heavy atom. The highest BCUT2D eigenvalue weighted by Crippen LogP contribution is 2.33. The van der Waals surface area contributed by atoms with Crippen LogP contribution in [0.1, 0.15) is 0 Å². The summed E-state index contributed by atoms with van der Waals surface area (Å²) in [5.41, 5.74) is 2.96. The van der Waals surface area contributed by atoms with E-state index in [0.29, 0.717) is 0 Å². The molecule has 0 unspecified atom stereocenters. The summed E-state index contributed by atoms with van der Waals surface area (Å²) in [6, 6.07) is 15.0. The molecule has 0 bridgehead atoms. The topological polar surface area (TPSA) is 42.4 Å². The van der Waals surface area contributed by atoms with Crippen molar-refractivity contribution in [2.24, 2.45) is 0 Å². The highest BCUT2D eigenvalue weighted by molar-refractivity contribution is 5.97. The van der Waals surface area contributed by atoms with Gasteiger partial charge >= 0.3 is 0 Å². The molecule has 0 saturated heterocycles. The van der Waals surface area contributed by atoms with Crippen molar-refractivity contribution in [1.82, 2.24) is 4.98 Å². The minimum atomic E-state index is 0.264. The fraction of sp³-hybridized carbons (Fsp3) is 0.0625. The highest BCUT2D eigenvalue weighted by atomic mass is 16.5. The quantitative estimate of drug-likeness (QED) is 0.756. The molecule has 1 aromatic heterocycles. The first-order chi connectivity index (χ1) is 9.29. The Kier molecular flexibility index (Phi) is 2.80. The summed E-state index contributed by atoms with van der Waals surface area (Å²) in [7, 11) is 1.64. The molecule has 2 aromatic carbocycles.